The first-order valence-electron chi connectivity index (χ1n) is 14.3. The van der Waals surface area contributed by atoms with E-state index in [9.17, 15) is 0 Å². The minimum atomic E-state index is 1.87. The Morgan fingerprint density at radius 1 is 0.138 bits per heavy atom. The summed E-state index contributed by atoms with van der Waals surface area (Å²) in [5.41, 5.74) is 0. The molecule has 0 heteroatoms. The van der Waals surface area contributed by atoms with Gasteiger partial charge < -0.3 is 6.42 Å². The van der Waals surface area contributed by atoms with Gasteiger partial charge in [-0.1, -0.05) is 0 Å². The van der Waals surface area contributed by atoms with E-state index in [1.54, 1.807) is 0 Å². The Morgan fingerprint density at radius 2 is 0.224 bits per heavy atom. The van der Waals surface area contributed by atoms with Crippen LogP contribution in [0.5, 0.6) is 0 Å². The largest absolute Gasteiger partial charge is 0.358 e. The topological polar surface area (TPSA) is 0 Å². The maximum Gasteiger partial charge on any atom is 0 e. The molecule has 0 unspecified atom stereocenters. The van der Waals surface area contributed by atoms with Crippen LogP contribution in [0.4, 0.5) is 0 Å². The second kappa shape index (κ2) is 44.2. The van der Waals surface area contributed by atoms with Crippen molar-refractivity contribution in [2.24, 2.45) is 0 Å². The van der Waals surface area contributed by atoms with Gasteiger partial charge in [-0.25, -0.2) is 5.92 Å². The molecule has 0 nitrogen and oxygen atoms in total. The lowest BCUT2D eigenvalue weighted by atomic mass is 10.4. The third kappa shape index (κ3) is 43.2. The summed E-state index contributed by atoms with van der Waals surface area (Å²) in [6.45, 7) is 0. The van der Waals surface area contributed by atoms with Gasteiger partial charge in [0.05, 0.1) is 0 Å². The zero-order chi connectivity index (χ0) is 41.6. The van der Waals surface area contributed by atoms with Crippen LogP contribution >= 0.6 is 0 Å². The van der Waals surface area contributed by atoms with Crippen LogP contribution in [0.3, 0.4) is 0 Å². The van der Waals surface area contributed by atoms with E-state index in [4.69, 9.17) is 12.8 Å². The van der Waals surface area contributed by atoms with E-state index in [1.807, 2.05) is 5.92 Å². The summed E-state index contributed by atoms with van der Waals surface area (Å²) in [4.78, 5) is 0. The Morgan fingerprint density at radius 3 is 0.310 bits per heavy atom. The molecule has 0 aliphatic rings. The van der Waals surface area contributed by atoms with Gasteiger partial charge in [-0.2, -0.15) is 0 Å². The van der Waals surface area contributed by atoms with Crippen LogP contribution in [0.2, 0.25) is 0 Å². The summed E-state index contributed by atoms with van der Waals surface area (Å²) < 4.78 is 0. The van der Waals surface area contributed by atoms with E-state index in [1.165, 1.54) is 0 Å². The molecule has 0 saturated carbocycles. The molecular weight excluding hydrogens is 697 g/mol. The molecule has 0 bridgehead atoms. The smallest absolute Gasteiger partial charge is 0 e. The molecule has 0 aromatic heterocycles. The lowest BCUT2D eigenvalue weighted by Crippen LogP contribution is -1.57. The number of terminal acetylenes is 1. The van der Waals surface area contributed by atoms with Crippen molar-refractivity contribution in [2.45, 2.75) is 0 Å². The lowest BCUT2D eigenvalue weighted by molar-refractivity contribution is 2.31. The van der Waals surface area contributed by atoms with Crippen LogP contribution < -0.4 is 0 Å². The van der Waals surface area contributed by atoms with Crippen LogP contribution in [0, 0.1) is 344 Å². The molecule has 0 N–H and O–H groups in total. The fraction of sp³-hybridized carbons (Fsp3) is 0. The maximum atomic E-state index is 6.57. The Balaban J connectivity index is 4.58. The predicted molar refractivity (Wildman–Crippen MR) is 226 cm³/mol. The molecule has 0 aliphatic carbocycles. The lowest BCUT2D eigenvalue weighted by Gasteiger charge is -1.63. The summed E-state index contributed by atoms with van der Waals surface area (Å²) in [6, 6.07) is 0. The Labute approximate surface area is 343 Å². The van der Waals surface area contributed by atoms with E-state index >= 15 is 0 Å². The van der Waals surface area contributed by atoms with E-state index in [2.05, 4.69) is 326 Å². The zero-order valence-corrected chi connectivity index (χ0v) is 29.1. The van der Waals surface area contributed by atoms with Gasteiger partial charge >= 0.3 is 0 Å². The zero-order valence-electron chi connectivity index (χ0n) is 29.1. The fourth-order valence-electron chi connectivity index (χ4n) is 1.69. The third-order valence-corrected chi connectivity index (χ3v) is 3.45. The first kappa shape index (κ1) is 45.2. The first-order chi connectivity index (χ1) is 28.9. The highest BCUT2D eigenvalue weighted by Crippen LogP contribution is 1.63. The van der Waals surface area contributed by atoms with Gasteiger partial charge in [0.15, 0.2) is 0 Å². The summed E-state index contributed by atoms with van der Waals surface area (Å²) in [7, 11) is 0. The highest BCUT2D eigenvalue weighted by molar-refractivity contribution is 5.51. The van der Waals surface area contributed by atoms with Crippen molar-refractivity contribution in [1.82, 2.24) is 0 Å². The van der Waals surface area contributed by atoms with E-state index in [0.29, 0.717) is 0 Å². The van der Waals surface area contributed by atoms with Gasteiger partial charge in [-0.3, -0.25) is 5.92 Å². The summed E-state index contributed by atoms with van der Waals surface area (Å²) >= 11 is 0. The Hall–Kier alpha value is -12.8. The normalized spacial score (nSPS) is 3.90. The van der Waals surface area contributed by atoms with Crippen LogP contribution in [-0.4, -0.2) is 0 Å². The van der Waals surface area contributed by atoms with Gasteiger partial charge in [0.25, 0.3) is 0 Å². The average Bonchev–Trinajstić information content (AvgIpc) is 3.23. The molecule has 0 spiro atoms. The highest BCUT2D eigenvalue weighted by Gasteiger charge is 1.62. The van der Waals surface area contributed by atoms with Crippen molar-refractivity contribution in [2.75, 3.05) is 0 Å². The standard InChI is InChI=1S/C58H/c1-3-5-7-9-11-13-15-17-19-21-23-25-27-29-31-33-35-37-39-41-43-45-47-49-51-53-55-57-58-56-54-52-50-48-46-44-42-40-38-36-34-32-30-28-26-24-22-20-18-16-14-12-10-8-6-4-2/h1H/q-1. The molecule has 0 amide bonds. The fourth-order valence-corrected chi connectivity index (χ4v) is 1.69. The molecule has 0 fully saturated rings. The van der Waals surface area contributed by atoms with E-state index in [-0.39, 0.29) is 0 Å². The van der Waals surface area contributed by atoms with Gasteiger partial charge in [0.1, 0.15) is 0 Å². The summed E-state index contributed by atoms with van der Waals surface area (Å²) in [6.07, 6.45) is 11.5. The van der Waals surface area contributed by atoms with Gasteiger partial charge in [-0.15, -0.1) is 12.3 Å². The molecule has 0 aromatic carbocycles. The minimum absolute atomic E-state index is 1.87. The van der Waals surface area contributed by atoms with Crippen LogP contribution in [-0.2, 0) is 0 Å². The van der Waals surface area contributed by atoms with Crippen LogP contribution in [0.25, 0.3) is 0 Å². The van der Waals surface area contributed by atoms with Crippen molar-refractivity contribution in [3.63, 3.8) is 0 Å². The molecule has 234 valence electrons. The minimum Gasteiger partial charge on any atom is -0.358 e. The molecule has 0 aromatic rings. The average molecular weight is 698 g/mol. The quantitative estimate of drug-likeness (QED) is 0.253. The second-order valence-corrected chi connectivity index (χ2v) is 7.02. The van der Waals surface area contributed by atoms with Crippen molar-refractivity contribution in [3.8, 4) is 338 Å². The number of rotatable bonds is 0. The van der Waals surface area contributed by atoms with E-state index in [0.717, 1.165) is 0 Å². The van der Waals surface area contributed by atoms with Gasteiger partial charge in [0.2, 0.25) is 0 Å². The van der Waals surface area contributed by atoms with Crippen molar-refractivity contribution < 1.29 is 0 Å². The molecular formula is C58H-. The van der Waals surface area contributed by atoms with Crippen molar-refractivity contribution in [3.05, 3.63) is 6.42 Å². The molecule has 0 heterocycles. The Bertz CT molecular complexity index is 3420. The van der Waals surface area contributed by atoms with E-state index < -0.39 is 0 Å². The summed E-state index contributed by atoms with van der Waals surface area (Å²) in [5, 5.41) is 0. The van der Waals surface area contributed by atoms with Gasteiger partial charge in [-0.05, 0) is 94.7 Å². The molecule has 58 heavy (non-hydrogen) atoms. The molecule has 0 rings (SSSR count). The van der Waals surface area contributed by atoms with Crippen LogP contribution in [0.1, 0.15) is 0 Å². The van der Waals surface area contributed by atoms with Gasteiger partial charge in [0, 0.05) is 219 Å². The Kier molecular flexibility index (Phi) is 34.5. The molecule has 0 atom stereocenters. The highest BCUT2D eigenvalue weighted by atomic mass is 13.6. The molecule has 0 saturated heterocycles. The van der Waals surface area contributed by atoms with Crippen molar-refractivity contribution >= 4 is 0 Å². The van der Waals surface area contributed by atoms with Crippen molar-refractivity contribution in [1.29, 1.82) is 0 Å². The molecule has 0 aliphatic heterocycles. The third-order valence-electron chi connectivity index (χ3n) is 3.45. The maximum absolute atomic E-state index is 6.57. The number of hydrogen-bond acceptors (Lipinski definition) is 0. The first-order valence-corrected chi connectivity index (χ1v) is 14.3. The number of hydrogen-bond donors (Lipinski definition) is 0. The monoisotopic (exact) mass is 697 g/mol. The SMILES string of the molecule is [C-]#CC#CC#CC#CC#CC#CC#CC#CC#CC#CC#CC#CC#CC#CC#CC#CC#CC#CC#CC#CC#CC#CC#CC#CC#CC#CC#CC#CC#C. The predicted octanol–water partition coefficient (Wildman–Crippen LogP) is 0.301. The second-order valence-electron chi connectivity index (χ2n) is 7.02. The summed E-state index contributed by atoms with van der Waals surface area (Å²) in [5.74, 6) is 137. The van der Waals surface area contributed by atoms with Crippen LogP contribution in [0.15, 0.2) is 0 Å². The molecule has 0 radical (unpaired) electrons.